The standard InChI is InChI=1S/C17H16ClNO2/c18-13-6-3-4-11(8-13)9-16(21)19-17-14-7-2-1-5-12(14)10-15(17)20/h1-8,15,17,20H,9-10H2,(H,19,21). The third-order valence-corrected chi connectivity index (χ3v) is 4.01. The Balaban J connectivity index is 1.70. The van der Waals surface area contributed by atoms with Crippen LogP contribution >= 0.6 is 11.6 Å². The summed E-state index contributed by atoms with van der Waals surface area (Å²) >= 11 is 5.92. The van der Waals surface area contributed by atoms with E-state index in [0.29, 0.717) is 11.4 Å². The van der Waals surface area contributed by atoms with Crippen molar-refractivity contribution in [3.05, 3.63) is 70.2 Å². The summed E-state index contributed by atoms with van der Waals surface area (Å²) in [6, 6.07) is 14.7. The summed E-state index contributed by atoms with van der Waals surface area (Å²) in [7, 11) is 0. The van der Waals surface area contributed by atoms with Crippen LogP contribution in [0.4, 0.5) is 0 Å². The molecule has 0 bridgehead atoms. The number of rotatable bonds is 3. The van der Waals surface area contributed by atoms with Crippen LogP contribution in [-0.4, -0.2) is 17.1 Å². The first kappa shape index (κ1) is 14.1. The van der Waals surface area contributed by atoms with Gasteiger partial charge in [-0.2, -0.15) is 0 Å². The van der Waals surface area contributed by atoms with Gasteiger partial charge in [-0.3, -0.25) is 4.79 Å². The third kappa shape index (κ3) is 3.09. The summed E-state index contributed by atoms with van der Waals surface area (Å²) in [5.41, 5.74) is 2.96. The van der Waals surface area contributed by atoms with Gasteiger partial charge in [0.1, 0.15) is 0 Å². The van der Waals surface area contributed by atoms with Crippen LogP contribution < -0.4 is 5.32 Å². The maximum Gasteiger partial charge on any atom is 0.224 e. The van der Waals surface area contributed by atoms with E-state index in [2.05, 4.69) is 5.32 Å². The van der Waals surface area contributed by atoms with Crippen LogP contribution in [0.25, 0.3) is 0 Å². The lowest BCUT2D eigenvalue weighted by Gasteiger charge is -2.18. The van der Waals surface area contributed by atoms with Crippen molar-refractivity contribution in [3.8, 4) is 0 Å². The number of halogens is 1. The van der Waals surface area contributed by atoms with Crippen molar-refractivity contribution >= 4 is 17.5 Å². The van der Waals surface area contributed by atoms with E-state index in [1.807, 2.05) is 36.4 Å². The first-order valence-electron chi connectivity index (χ1n) is 6.93. The number of amides is 1. The highest BCUT2D eigenvalue weighted by atomic mass is 35.5. The Morgan fingerprint density at radius 2 is 2.05 bits per heavy atom. The van der Waals surface area contributed by atoms with Crippen molar-refractivity contribution in [2.75, 3.05) is 0 Å². The number of aliphatic hydroxyl groups is 1. The van der Waals surface area contributed by atoms with Crippen molar-refractivity contribution < 1.29 is 9.90 Å². The van der Waals surface area contributed by atoms with Gasteiger partial charge in [0.2, 0.25) is 5.91 Å². The van der Waals surface area contributed by atoms with E-state index in [-0.39, 0.29) is 18.4 Å². The molecule has 21 heavy (non-hydrogen) atoms. The number of carbonyl (C=O) groups is 1. The predicted molar refractivity (Wildman–Crippen MR) is 82.2 cm³/mol. The van der Waals surface area contributed by atoms with Crippen LogP contribution in [-0.2, 0) is 17.6 Å². The number of hydrogen-bond acceptors (Lipinski definition) is 2. The zero-order chi connectivity index (χ0) is 14.8. The highest BCUT2D eigenvalue weighted by Gasteiger charge is 2.31. The van der Waals surface area contributed by atoms with Gasteiger partial charge in [0.05, 0.1) is 18.6 Å². The van der Waals surface area contributed by atoms with Gasteiger partial charge in [0.15, 0.2) is 0 Å². The number of nitrogens with one attached hydrogen (secondary N) is 1. The molecule has 0 aliphatic heterocycles. The Bertz CT molecular complexity index is 671. The van der Waals surface area contributed by atoms with Gasteiger partial charge in [0, 0.05) is 11.4 Å². The van der Waals surface area contributed by atoms with E-state index in [1.165, 1.54) is 0 Å². The second-order valence-electron chi connectivity index (χ2n) is 5.32. The molecule has 3 rings (SSSR count). The number of hydrogen-bond donors (Lipinski definition) is 2. The summed E-state index contributed by atoms with van der Waals surface area (Å²) in [5.74, 6) is -0.113. The fraction of sp³-hybridized carbons (Fsp3) is 0.235. The van der Waals surface area contributed by atoms with Crippen LogP contribution in [0.3, 0.4) is 0 Å². The Morgan fingerprint density at radius 3 is 2.86 bits per heavy atom. The minimum absolute atomic E-state index is 0.113. The highest BCUT2D eigenvalue weighted by molar-refractivity contribution is 6.30. The Kier molecular flexibility index (Phi) is 3.95. The molecular weight excluding hydrogens is 286 g/mol. The van der Waals surface area contributed by atoms with Crippen LogP contribution in [0.1, 0.15) is 22.7 Å². The topological polar surface area (TPSA) is 49.3 Å². The van der Waals surface area contributed by atoms with Crippen molar-refractivity contribution in [2.45, 2.75) is 25.0 Å². The minimum Gasteiger partial charge on any atom is -0.390 e. The Labute approximate surface area is 128 Å². The van der Waals surface area contributed by atoms with Gasteiger partial charge < -0.3 is 10.4 Å². The molecule has 2 aromatic rings. The van der Waals surface area contributed by atoms with Gasteiger partial charge >= 0.3 is 0 Å². The minimum atomic E-state index is -0.564. The molecular formula is C17H16ClNO2. The molecule has 2 aromatic carbocycles. The molecule has 0 fully saturated rings. The molecule has 1 aliphatic rings. The SMILES string of the molecule is O=C(Cc1cccc(Cl)c1)NC1c2ccccc2CC1O. The molecule has 0 saturated carbocycles. The number of fused-ring (bicyclic) bond motifs is 1. The van der Waals surface area contributed by atoms with Gasteiger partial charge in [-0.1, -0.05) is 48.0 Å². The van der Waals surface area contributed by atoms with Crippen molar-refractivity contribution in [3.63, 3.8) is 0 Å². The molecule has 1 amide bonds. The number of carbonyl (C=O) groups excluding carboxylic acids is 1. The molecule has 4 heteroatoms. The average Bonchev–Trinajstić information content (AvgIpc) is 2.75. The molecule has 3 nitrogen and oxygen atoms in total. The molecule has 1 aliphatic carbocycles. The Morgan fingerprint density at radius 1 is 1.24 bits per heavy atom. The molecule has 0 spiro atoms. The van der Waals surface area contributed by atoms with Gasteiger partial charge in [-0.15, -0.1) is 0 Å². The molecule has 2 atom stereocenters. The van der Waals surface area contributed by atoms with E-state index in [1.54, 1.807) is 12.1 Å². The third-order valence-electron chi connectivity index (χ3n) is 3.77. The van der Waals surface area contributed by atoms with Crippen LogP contribution in [0, 0.1) is 0 Å². The number of aliphatic hydroxyl groups excluding tert-OH is 1. The lowest BCUT2D eigenvalue weighted by Crippen LogP contribution is -2.34. The van der Waals surface area contributed by atoms with E-state index >= 15 is 0 Å². The highest BCUT2D eigenvalue weighted by Crippen LogP contribution is 2.31. The fourth-order valence-corrected chi connectivity index (χ4v) is 3.02. The van der Waals surface area contributed by atoms with Crippen LogP contribution in [0.2, 0.25) is 5.02 Å². The summed E-state index contributed by atoms with van der Waals surface area (Å²) in [6.07, 6.45) is 0.273. The molecule has 2 N–H and O–H groups in total. The second kappa shape index (κ2) is 5.88. The van der Waals surface area contributed by atoms with Gasteiger partial charge in [-0.05, 0) is 28.8 Å². The molecule has 2 unspecified atom stereocenters. The summed E-state index contributed by atoms with van der Waals surface area (Å²) in [6.45, 7) is 0. The molecule has 0 saturated heterocycles. The van der Waals surface area contributed by atoms with Crippen LogP contribution in [0.5, 0.6) is 0 Å². The van der Waals surface area contributed by atoms with E-state index in [9.17, 15) is 9.90 Å². The van der Waals surface area contributed by atoms with Crippen molar-refractivity contribution in [1.82, 2.24) is 5.32 Å². The summed E-state index contributed by atoms with van der Waals surface area (Å²) in [5, 5.41) is 13.7. The largest absolute Gasteiger partial charge is 0.390 e. The molecule has 0 radical (unpaired) electrons. The van der Waals surface area contributed by atoms with E-state index in [0.717, 1.165) is 16.7 Å². The summed E-state index contributed by atoms with van der Waals surface area (Å²) in [4.78, 5) is 12.2. The molecule has 0 aromatic heterocycles. The fourth-order valence-electron chi connectivity index (χ4n) is 2.80. The van der Waals surface area contributed by atoms with Crippen molar-refractivity contribution in [2.24, 2.45) is 0 Å². The van der Waals surface area contributed by atoms with Gasteiger partial charge in [0.25, 0.3) is 0 Å². The second-order valence-corrected chi connectivity index (χ2v) is 5.76. The average molecular weight is 302 g/mol. The predicted octanol–water partition coefficient (Wildman–Crippen LogP) is 2.66. The van der Waals surface area contributed by atoms with E-state index in [4.69, 9.17) is 11.6 Å². The van der Waals surface area contributed by atoms with Crippen LogP contribution in [0.15, 0.2) is 48.5 Å². The van der Waals surface area contributed by atoms with Gasteiger partial charge in [-0.25, -0.2) is 0 Å². The summed E-state index contributed by atoms with van der Waals surface area (Å²) < 4.78 is 0. The zero-order valence-electron chi connectivity index (χ0n) is 11.4. The molecule has 108 valence electrons. The quantitative estimate of drug-likeness (QED) is 0.915. The maximum absolute atomic E-state index is 12.2. The maximum atomic E-state index is 12.2. The van der Waals surface area contributed by atoms with Crippen molar-refractivity contribution in [1.29, 1.82) is 0 Å². The first-order chi connectivity index (χ1) is 10.1. The monoisotopic (exact) mass is 301 g/mol. The first-order valence-corrected chi connectivity index (χ1v) is 7.31. The number of benzene rings is 2. The normalized spacial score (nSPS) is 20.1. The lowest BCUT2D eigenvalue weighted by atomic mass is 10.1. The zero-order valence-corrected chi connectivity index (χ0v) is 12.2. The van der Waals surface area contributed by atoms with E-state index < -0.39 is 6.10 Å². The smallest absolute Gasteiger partial charge is 0.224 e. The lowest BCUT2D eigenvalue weighted by molar-refractivity contribution is -0.121. The Hall–Kier alpha value is -1.84. The molecule has 0 heterocycles.